The second kappa shape index (κ2) is 12.5. The van der Waals surface area contributed by atoms with E-state index in [4.69, 9.17) is 33.0 Å². The number of phenols is 1. The maximum absolute atomic E-state index is 15.2. The van der Waals surface area contributed by atoms with Crippen LogP contribution >= 0.6 is 23.2 Å². The summed E-state index contributed by atoms with van der Waals surface area (Å²) in [4.78, 5) is 62.3. The topological polar surface area (TPSA) is 142 Å². The van der Waals surface area contributed by atoms with Crippen molar-refractivity contribution in [3.05, 3.63) is 64.5 Å². The number of carbonyl (C=O) groups is 5. The SMILES string of the molecule is COc1cc(O)ccc1[C@H]1C2=CC[C@@H]3C(=O)N(CCCCCC(=O)O)C(=O)[C@@H]3[C@@H]2C[C@@]2(Cl)C(=O)N(c3c(F)c(F)c(F)c(F)c3F)C(=O)[C@@]12Cl. The van der Waals surface area contributed by atoms with Gasteiger partial charge in [0.1, 0.15) is 17.2 Å². The van der Waals surface area contributed by atoms with Gasteiger partial charge in [-0.3, -0.25) is 28.9 Å². The first-order chi connectivity index (χ1) is 23.5. The fourth-order valence-electron chi connectivity index (χ4n) is 7.86. The van der Waals surface area contributed by atoms with Gasteiger partial charge in [-0.05, 0) is 37.7 Å². The van der Waals surface area contributed by atoms with Crippen LogP contribution in [0.4, 0.5) is 27.6 Å². The Hall–Kier alpha value is -4.24. The number of unbranched alkanes of at least 4 members (excludes halogenated alkanes) is 2. The standard InChI is InChI=1S/C33H27Cl2F5N2O8/c1-50-18-11-13(43)6-7-15(18)21-14-8-9-16-20(29(47)41(28(16)46)10-4-2-3-5-19(44)45)17(14)12-32(34)30(48)42(31(49)33(21,32)35)27-25(39)23(37)22(36)24(38)26(27)40/h6-8,11,16-17,20-21,43H,2-5,9-10,12H2,1H3,(H,44,45)/t16-,17+,20-,21+,32+,33-/m0/s1. The number of hydrogen-bond acceptors (Lipinski definition) is 7. The molecule has 6 rings (SSSR count). The summed E-state index contributed by atoms with van der Waals surface area (Å²) >= 11 is 14.2. The number of anilines is 1. The molecule has 50 heavy (non-hydrogen) atoms. The number of aromatic hydroxyl groups is 1. The zero-order chi connectivity index (χ0) is 36.6. The second-order valence-corrected chi connectivity index (χ2v) is 13.9. The summed E-state index contributed by atoms with van der Waals surface area (Å²) < 4.78 is 78.6. The quantitative estimate of drug-likeness (QED) is 0.0670. The Kier molecular flexibility index (Phi) is 8.91. The largest absolute Gasteiger partial charge is 0.508 e. The number of hydrogen-bond donors (Lipinski definition) is 2. The fraction of sp³-hybridized carbons (Fsp3) is 0.424. The van der Waals surface area contributed by atoms with Gasteiger partial charge in [0.05, 0.1) is 18.9 Å². The first-order valence-electron chi connectivity index (χ1n) is 15.4. The van der Waals surface area contributed by atoms with Crippen LogP contribution in [0.5, 0.6) is 11.5 Å². The Morgan fingerprint density at radius 1 is 0.920 bits per heavy atom. The summed E-state index contributed by atoms with van der Waals surface area (Å²) in [6, 6.07) is 3.60. The average molecular weight is 745 g/mol. The van der Waals surface area contributed by atoms with Gasteiger partial charge in [0, 0.05) is 30.5 Å². The minimum absolute atomic E-state index is 0.0206. The molecule has 2 aliphatic heterocycles. The molecule has 6 atom stereocenters. The number of carboxylic acid groups (broad SMARTS) is 1. The number of carbonyl (C=O) groups excluding carboxylic acids is 4. The Labute approximate surface area is 290 Å². The van der Waals surface area contributed by atoms with E-state index >= 15 is 8.78 Å². The van der Waals surface area contributed by atoms with Gasteiger partial charge in [-0.25, -0.2) is 26.9 Å². The number of benzene rings is 2. The van der Waals surface area contributed by atoms with Crippen LogP contribution in [0, 0.1) is 46.8 Å². The molecule has 2 aromatic rings. The van der Waals surface area contributed by atoms with Crippen LogP contribution in [0.15, 0.2) is 29.8 Å². The van der Waals surface area contributed by atoms with Gasteiger partial charge in [-0.15, -0.1) is 23.2 Å². The monoisotopic (exact) mass is 744 g/mol. The third kappa shape index (κ3) is 4.90. The summed E-state index contributed by atoms with van der Waals surface area (Å²) in [7, 11) is 1.20. The number of fused-ring (bicyclic) bond motifs is 4. The van der Waals surface area contributed by atoms with Gasteiger partial charge in [0.2, 0.25) is 17.6 Å². The number of rotatable bonds is 9. The number of ether oxygens (including phenoxy) is 1. The number of halogens is 7. The second-order valence-electron chi connectivity index (χ2n) is 12.7. The molecular weight excluding hydrogens is 718 g/mol. The third-order valence-electron chi connectivity index (χ3n) is 10.1. The summed E-state index contributed by atoms with van der Waals surface area (Å²) in [5.41, 5.74) is -1.64. The molecule has 2 aromatic carbocycles. The van der Waals surface area contributed by atoms with Crippen LogP contribution in [0.1, 0.15) is 50.0 Å². The van der Waals surface area contributed by atoms with E-state index in [1.165, 1.54) is 19.2 Å². The summed E-state index contributed by atoms with van der Waals surface area (Å²) in [6.45, 7) is -0.0293. The van der Waals surface area contributed by atoms with Crippen LogP contribution < -0.4 is 9.64 Å². The van der Waals surface area contributed by atoms with E-state index in [0.717, 1.165) is 11.0 Å². The number of aliphatic carboxylic acids is 1. The van der Waals surface area contributed by atoms with Crippen molar-refractivity contribution in [2.75, 3.05) is 18.6 Å². The van der Waals surface area contributed by atoms with Gasteiger partial charge in [-0.1, -0.05) is 24.1 Å². The molecule has 0 bridgehead atoms. The van der Waals surface area contributed by atoms with E-state index in [1.54, 1.807) is 6.08 Å². The number of likely N-dealkylation sites (tertiary alicyclic amines) is 1. The minimum Gasteiger partial charge on any atom is -0.508 e. The van der Waals surface area contributed by atoms with Gasteiger partial charge in [-0.2, -0.15) is 0 Å². The summed E-state index contributed by atoms with van der Waals surface area (Å²) in [5.74, 6) is -23.0. The van der Waals surface area contributed by atoms with E-state index in [9.17, 15) is 42.3 Å². The Morgan fingerprint density at radius 3 is 2.18 bits per heavy atom. The zero-order valence-electron chi connectivity index (χ0n) is 26.0. The van der Waals surface area contributed by atoms with Crippen molar-refractivity contribution in [1.82, 2.24) is 4.90 Å². The van der Waals surface area contributed by atoms with Crippen LogP contribution in [-0.4, -0.2) is 68.1 Å². The molecule has 2 N–H and O–H groups in total. The fourth-order valence-corrected chi connectivity index (χ4v) is 8.79. The predicted molar refractivity (Wildman–Crippen MR) is 164 cm³/mol. The molecule has 0 aromatic heterocycles. The highest BCUT2D eigenvalue weighted by molar-refractivity contribution is 6.58. The number of amides is 4. The van der Waals surface area contributed by atoms with Crippen molar-refractivity contribution in [3.63, 3.8) is 0 Å². The number of phenolic OH excluding ortho intramolecular Hbond substituents is 1. The van der Waals surface area contributed by atoms with Crippen molar-refractivity contribution in [1.29, 1.82) is 0 Å². The highest BCUT2D eigenvalue weighted by Crippen LogP contribution is 2.66. The number of carboxylic acids is 1. The molecule has 2 heterocycles. The molecule has 0 unspecified atom stereocenters. The lowest BCUT2D eigenvalue weighted by Gasteiger charge is -2.50. The van der Waals surface area contributed by atoms with Crippen LogP contribution in [0.2, 0.25) is 0 Å². The number of nitrogens with zero attached hydrogens (tertiary/aromatic N) is 2. The highest BCUT2D eigenvalue weighted by atomic mass is 35.5. The Morgan fingerprint density at radius 2 is 1.56 bits per heavy atom. The average Bonchev–Trinajstić information content (AvgIpc) is 3.40. The maximum atomic E-state index is 15.2. The molecule has 0 spiro atoms. The lowest BCUT2D eigenvalue weighted by molar-refractivity contribution is -0.141. The molecule has 10 nitrogen and oxygen atoms in total. The van der Waals surface area contributed by atoms with E-state index in [1.807, 2.05) is 0 Å². The molecule has 266 valence electrons. The van der Waals surface area contributed by atoms with Crippen molar-refractivity contribution in [2.24, 2.45) is 17.8 Å². The van der Waals surface area contributed by atoms with Gasteiger partial charge < -0.3 is 14.9 Å². The number of imide groups is 2. The summed E-state index contributed by atoms with van der Waals surface area (Å²) in [6.07, 6.45) is 1.75. The minimum atomic E-state index is -2.74. The number of methoxy groups -OCH3 is 1. The van der Waals surface area contributed by atoms with E-state index < -0.39 is 104 Å². The van der Waals surface area contributed by atoms with Crippen molar-refractivity contribution >= 4 is 58.5 Å². The molecule has 3 fully saturated rings. The molecular formula is C33H27Cl2F5N2O8. The van der Waals surface area contributed by atoms with E-state index in [2.05, 4.69) is 0 Å². The molecule has 17 heteroatoms. The first kappa shape index (κ1) is 35.6. The Balaban J connectivity index is 1.49. The van der Waals surface area contributed by atoms with Crippen LogP contribution in [0.25, 0.3) is 0 Å². The van der Waals surface area contributed by atoms with Gasteiger partial charge in [0.25, 0.3) is 11.8 Å². The zero-order valence-corrected chi connectivity index (χ0v) is 27.5. The van der Waals surface area contributed by atoms with E-state index in [0.29, 0.717) is 19.3 Å². The molecule has 2 aliphatic carbocycles. The highest BCUT2D eigenvalue weighted by Gasteiger charge is 2.77. The van der Waals surface area contributed by atoms with Crippen molar-refractivity contribution in [3.8, 4) is 11.5 Å². The van der Waals surface area contributed by atoms with E-state index in [-0.39, 0.29) is 46.9 Å². The molecule has 4 aliphatic rings. The van der Waals surface area contributed by atoms with Gasteiger partial charge in [0.15, 0.2) is 33.0 Å². The first-order valence-corrected chi connectivity index (χ1v) is 16.2. The smallest absolute Gasteiger partial charge is 0.303 e. The van der Waals surface area contributed by atoms with Crippen molar-refractivity contribution in [2.45, 2.75) is 54.2 Å². The van der Waals surface area contributed by atoms with Crippen LogP contribution in [0.3, 0.4) is 0 Å². The number of alkyl halides is 2. The molecule has 4 amide bonds. The third-order valence-corrected chi connectivity index (χ3v) is 11.5. The van der Waals surface area contributed by atoms with Crippen molar-refractivity contribution < 1.29 is 60.9 Å². The summed E-state index contributed by atoms with van der Waals surface area (Å²) in [5, 5.41) is 19.1. The lowest BCUT2D eigenvalue weighted by Crippen LogP contribution is -2.60. The lowest BCUT2D eigenvalue weighted by atomic mass is 9.56. The molecule has 0 radical (unpaired) electrons. The molecule has 1 saturated carbocycles. The van der Waals surface area contributed by atoms with Gasteiger partial charge >= 0.3 is 5.97 Å². The predicted octanol–water partition coefficient (Wildman–Crippen LogP) is 5.30. The normalized spacial score (nSPS) is 28.8. The Bertz CT molecular complexity index is 1880. The van der Waals surface area contributed by atoms with Crippen LogP contribution in [-0.2, 0) is 24.0 Å². The maximum Gasteiger partial charge on any atom is 0.303 e. The number of allylic oxidation sites excluding steroid dienone is 2. The molecule has 2 saturated heterocycles.